The second kappa shape index (κ2) is 9.54. The molecule has 0 spiro atoms. The lowest BCUT2D eigenvalue weighted by molar-refractivity contribution is 0.203. The van der Waals surface area contributed by atoms with Crippen LogP contribution in [0.15, 0.2) is 28.7 Å². The van der Waals surface area contributed by atoms with E-state index >= 15 is 0 Å². The second-order valence-corrected chi connectivity index (χ2v) is 6.26. The number of halogens is 1. The van der Waals surface area contributed by atoms with E-state index < -0.39 is 0 Å². The number of hydrogen-bond acceptors (Lipinski definition) is 2. The highest BCUT2D eigenvalue weighted by Gasteiger charge is 2.15. The van der Waals surface area contributed by atoms with E-state index in [0.717, 1.165) is 30.5 Å². The van der Waals surface area contributed by atoms with E-state index in [1.807, 2.05) is 0 Å². The van der Waals surface area contributed by atoms with Crippen LogP contribution >= 0.6 is 15.9 Å². The van der Waals surface area contributed by atoms with Crippen LogP contribution in [0.2, 0.25) is 0 Å². The molecular formula is C17H29BrN2. The van der Waals surface area contributed by atoms with Gasteiger partial charge >= 0.3 is 0 Å². The van der Waals surface area contributed by atoms with Crippen molar-refractivity contribution in [2.75, 3.05) is 19.6 Å². The molecule has 2 nitrogen and oxygen atoms in total. The third-order valence-electron chi connectivity index (χ3n) is 4.03. The highest BCUT2D eigenvalue weighted by molar-refractivity contribution is 9.10. The van der Waals surface area contributed by atoms with Crippen LogP contribution in [0, 0.1) is 0 Å². The first kappa shape index (κ1) is 17.7. The fraction of sp³-hybridized carbons (Fsp3) is 0.647. The molecule has 0 aliphatic carbocycles. The normalized spacial score (nSPS) is 14.5. The fourth-order valence-corrected chi connectivity index (χ4v) is 3.02. The number of benzene rings is 1. The molecule has 3 heteroatoms. The molecule has 0 aliphatic heterocycles. The average Bonchev–Trinajstić information content (AvgIpc) is 2.46. The molecule has 0 amide bonds. The average molecular weight is 341 g/mol. The van der Waals surface area contributed by atoms with Gasteiger partial charge in [0.25, 0.3) is 0 Å². The van der Waals surface area contributed by atoms with Gasteiger partial charge in [0.1, 0.15) is 0 Å². The summed E-state index contributed by atoms with van der Waals surface area (Å²) in [4.78, 5) is 2.57. The van der Waals surface area contributed by atoms with Crippen molar-refractivity contribution in [3.8, 4) is 0 Å². The van der Waals surface area contributed by atoms with Gasteiger partial charge in [0.05, 0.1) is 0 Å². The van der Waals surface area contributed by atoms with Gasteiger partial charge in [0.15, 0.2) is 0 Å². The van der Waals surface area contributed by atoms with Crippen molar-refractivity contribution in [3.05, 3.63) is 34.3 Å². The van der Waals surface area contributed by atoms with Crippen LogP contribution in [0.1, 0.15) is 52.1 Å². The van der Waals surface area contributed by atoms with Crippen molar-refractivity contribution < 1.29 is 0 Å². The quantitative estimate of drug-likeness (QED) is 0.706. The summed E-state index contributed by atoms with van der Waals surface area (Å²) in [6.07, 6.45) is 2.37. The molecule has 0 radical (unpaired) electrons. The Bertz CT molecular complexity index is 381. The van der Waals surface area contributed by atoms with E-state index in [9.17, 15) is 0 Å². The van der Waals surface area contributed by atoms with Crippen molar-refractivity contribution in [2.45, 2.75) is 52.6 Å². The molecular weight excluding hydrogens is 312 g/mol. The zero-order chi connectivity index (χ0) is 15.0. The lowest BCUT2D eigenvalue weighted by Gasteiger charge is -2.29. The zero-order valence-electron chi connectivity index (χ0n) is 13.3. The summed E-state index contributed by atoms with van der Waals surface area (Å²) in [5.41, 5.74) is 1.38. The van der Waals surface area contributed by atoms with Crippen molar-refractivity contribution in [1.82, 2.24) is 10.2 Å². The summed E-state index contributed by atoms with van der Waals surface area (Å²) in [5.74, 6) is 0. The van der Waals surface area contributed by atoms with Crippen molar-refractivity contribution in [1.29, 1.82) is 0 Å². The predicted molar refractivity (Wildman–Crippen MR) is 92.2 cm³/mol. The number of hydrogen-bond donors (Lipinski definition) is 1. The molecule has 1 rings (SSSR count). The summed E-state index contributed by atoms with van der Waals surface area (Å²) >= 11 is 3.57. The Morgan fingerprint density at radius 1 is 1.25 bits per heavy atom. The van der Waals surface area contributed by atoms with Gasteiger partial charge < -0.3 is 10.2 Å². The van der Waals surface area contributed by atoms with E-state index in [0.29, 0.717) is 12.1 Å². The Labute approximate surface area is 133 Å². The summed E-state index contributed by atoms with van der Waals surface area (Å²) < 4.78 is 1.16. The van der Waals surface area contributed by atoms with Crippen LogP contribution in [0.5, 0.6) is 0 Å². The highest BCUT2D eigenvalue weighted by Crippen LogP contribution is 2.21. The maximum atomic E-state index is 3.62. The van der Waals surface area contributed by atoms with Gasteiger partial charge in [0, 0.05) is 23.1 Å². The molecule has 0 heterocycles. The number of rotatable bonds is 9. The van der Waals surface area contributed by atoms with Gasteiger partial charge in [-0.3, -0.25) is 0 Å². The molecule has 114 valence electrons. The van der Waals surface area contributed by atoms with Crippen LogP contribution in [0.3, 0.4) is 0 Å². The Morgan fingerprint density at radius 2 is 2.00 bits per heavy atom. The fourth-order valence-electron chi connectivity index (χ4n) is 2.60. The van der Waals surface area contributed by atoms with E-state index in [1.54, 1.807) is 0 Å². The number of nitrogens with one attached hydrogen (secondary N) is 1. The topological polar surface area (TPSA) is 15.3 Å². The molecule has 1 aromatic carbocycles. The standard InChI is InChI=1S/C17H29BrN2/c1-5-14(4)20(7-3)12-11-17(19-6-2)15-9-8-10-16(18)13-15/h8-10,13-14,17,19H,5-7,11-12H2,1-4H3. The second-order valence-electron chi connectivity index (χ2n) is 5.34. The molecule has 0 bridgehead atoms. The van der Waals surface area contributed by atoms with Crippen LogP contribution in [-0.2, 0) is 0 Å². The third kappa shape index (κ3) is 5.55. The van der Waals surface area contributed by atoms with Gasteiger partial charge in [-0.1, -0.05) is 48.8 Å². The van der Waals surface area contributed by atoms with Crippen LogP contribution in [0.4, 0.5) is 0 Å². The van der Waals surface area contributed by atoms with Gasteiger partial charge in [-0.25, -0.2) is 0 Å². The first-order valence-corrected chi connectivity index (χ1v) is 8.64. The summed E-state index contributed by atoms with van der Waals surface area (Å²) in [6, 6.07) is 9.77. The Hall–Kier alpha value is -0.380. The lowest BCUT2D eigenvalue weighted by atomic mass is 10.0. The Balaban J connectivity index is 2.67. The molecule has 0 aromatic heterocycles. The highest BCUT2D eigenvalue weighted by atomic mass is 79.9. The zero-order valence-corrected chi connectivity index (χ0v) is 14.9. The molecule has 0 saturated carbocycles. The molecule has 2 unspecified atom stereocenters. The van der Waals surface area contributed by atoms with Gasteiger partial charge in [0.2, 0.25) is 0 Å². The van der Waals surface area contributed by atoms with E-state index in [4.69, 9.17) is 0 Å². The first-order valence-electron chi connectivity index (χ1n) is 7.85. The Morgan fingerprint density at radius 3 is 2.55 bits per heavy atom. The smallest absolute Gasteiger partial charge is 0.0332 e. The molecule has 2 atom stereocenters. The SMILES string of the molecule is CCNC(CCN(CC)C(C)CC)c1cccc(Br)c1. The van der Waals surface area contributed by atoms with Crippen LogP contribution in [-0.4, -0.2) is 30.6 Å². The van der Waals surface area contributed by atoms with E-state index in [1.165, 1.54) is 12.0 Å². The summed E-state index contributed by atoms with van der Waals surface area (Å²) in [6.45, 7) is 12.3. The van der Waals surface area contributed by atoms with Crippen molar-refractivity contribution in [2.24, 2.45) is 0 Å². The third-order valence-corrected chi connectivity index (χ3v) is 4.52. The summed E-state index contributed by atoms with van der Waals surface area (Å²) in [7, 11) is 0. The predicted octanol–water partition coefficient (Wildman–Crippen LogP) is 4.61. The van der Waals surface area contributed by atoms with Gasteiger partial charge in [-0.2, -0.15) is 0 Å². The van der Waals surface area contributed by atoms with E-state index in [-0.39, 0.29) is 0 Å². The lowest BCUT2D eigenvalue weighted by Crippen LogP contribution is -2.35. The number of nitrogens with zero attached hydrogens (tertiary/aromatic N) is 1. The first-order chi connectivity index (χ1) is 9.62. The largest absolute Gasteiger partial charge is 0.310 e. The molecule has 1 aromatic rings. The molecule has 20 heavy (non-hydrogen) atoms. The van der Waals surface area contributed by atoms with Gasteiger partial charge in [-0.05, 0) is 50.6 Å². The molecule has 0 saturated heterocycles. The molecule has 0 fully saturated rings. The van der Waals surface area contributed by atoms with Crippen molar-refractivity contribution in [3.63, 3.8) is 0 Å². The van der Waals surface area contributed by atoms with E-state index in [2.05, 4.69) is 78.1 Å². The maximum Gasteiger partial charge on any atom is 0.0332 e. The summed E-state index contributed by atoms with van der Waals surface area (Å²) in [5, 5.41) is 3.62. The minimum Gasteiger partial charge on any atom is -0.310 e. The van der Waals surface area contributed by atoms with Gasteiger partial charge in [-0.15, -0.1) is 0 Å². The van der Waals surface area contributed by atoms with Crippen molar-refractivity contribution >= 4 is 15.9 Å². The monoisotopic (exact) mass is 340 g/mol. The van der Waals surface area contributed by atoms with Crippen LogP contribution < -0.4 is 5.32 Å². The maximum absolute atomic E-state index is 3.62. The minimum absolute atomic E-state index is 0.440. The Kier molecular flexibility index (Phi) is 8.43. The molecule has 1 N–H and O–H groups in total. The minimum atomic E-state index is 0.440. The molecule has 0 aliphatic rings. The van der Waals surface area contributed by atoms with Crippen LogP contribution in [0.25, 0.3) is 0 Å².